The largest absolute Gasteiger partial charge is 0.481 e. The standard InChI is InChI=1S/C11H22N2O3/c1-5-11(4,12)10(16)13(6-2)7-8(3)9(14)15/h8H,5-7,12H2,1-4H3,(H,14,15). The third kappa shape index (κ3) is 3.81. The molecule has 0 spiro atoms. The molecule has 94 valence electrons. The van der Waals surface area contributed by atoms with E-state index in [-0.39, 0.29) is 12.5 Å². The van der Waals surface area contributed by atoms with Crippen molar-refractivity contribution < 1.29 is 14.7 Å². The van der Waals surface area contributed by atoms with Gasteiger partial charge in [-0.2, -0.15) is 0 Å². The zero-order chi connectivity index (χ0) is 12.9. The van der Waals surface area contributed by atoms with Crippen LogP contribution in [0.5, 0.6) is 0 Å². The Morgan fingerprint density at radius 2 is 1.94 bits per heavy atom. The smallest absolute Gasteiger partial charge is 0.308 e. The molecule has 0 heterocycles. The summed E-state index contributed by atoms with van der Waals surface area (Å²) in [5.41, 5.74) is 4.94. The second-order valence-corrected chi connectivity index (χ2v) is 4.35. The van der Waals surface area contributed by atoms with Gasteiger partial charge in [-0.15, -0.1) is 0 Å². The quantitative estimate of drug-likeness (QED) is 0.703. The molecule has 0 aliphatic carbocycles. The number of rotatable bonds is 6. The highest BCUT2D eigenvalue weighted by Crippen LogP contribution is 2.11. The molecule has 0 aromatic carbocycles. The van der Waals surface area contributed by atoms with Crippen LogP contribution in [0, 0.1) is 5.92 Å². The van der Waals surface area contributed by atoms with Crippen LogP contribution in [0.2, 0.25) is 0 Å². The Hall–Kier alpha value is -1.10. The van der Waals surface area contributed by atoms with Gasteiger partial charge in [0.2, 0.25) is 5.91 Å². The van der Waals surface area contributed by atoms with Gasteiger partial charge >= 0.3 is 5.97 Å². The third-order valence-corrected chi connectivity index (χ3v) is 2.81. The minimum atomic E-state index is -0.908. The first-order valence-corrected chi connectivity index (χ1v) is 5.57. The van der Waals surface area contributed by atoms with E-state index >= 15 is 0 Å². The first-order valence-electron chi connectivity index (χ1n) is 5.57. The SMILES string of the molecule is CCN(CC(C)C(=O)O)C(=O)C(C)(N)CC. The van der Waals surface area contributed by atoms with Gasteiger partial charge in [-0.3, -0.25) is 9.59 Å². The zero-order valence-electron chi connectivity index (χ0n) is 10.5. The molecule has 3 N–H and O–H groups in total. The van der Waals surface area contributed by atoms with Crippen LogP contribution in [0.4, 0.5) is 0 Å². The molecule has 5 nitrogen and oxygen atoms in total. The first-order chi connectivity index (χ1) is 7.26. The van der Waals surface area contributed by atoms with E-state index in [4.69, 9.17) is 10.8 Å². The molecule has 1 amide bonds. The van der Waals surface area contributed by atoms with Crippen molar-refractivity contribution in [3.63, 3.8) is 0 Å². The van der Waals surface area contributed by atoms with Crippen LogP contribution in [0.15, 0.2) is 0 Å². The number of hydrogen-bond donors (Lipinski definition) is 2. The van der Waals surface area contributed by atoms with Crippen LogP contribution >= 0.6 is 0 Å². The maximum atomic E-state index is 12.0. The molecule has 0 aromatic rings. The van der Waals surface area contributed by atoms with Gasteiger partial charge in [0.25, 0.3) is 0 Å². The van der Waals surface area contributed by atoms with Crippen molar-refractivity contribution in [3.8, 4) is 0 Å². The monoisotopic (exact) mass is 230 g/mol. The normalized spacial score (nSPS) is 16.3. The van der Waals surface area contributed by atoms with Gasteiger partial charge in [-0.25, -0.2) is 0 Å². The van der Waals surface area contributed by atoms with Crippen LogP contribution < -0.4 is 5.73 Å². The lowest BCUT2D eigenvalue weighted by molar-refractivity contribution is -0.144. The van der Waals surface area contributed by atoms with Gasteiger partial charge in [0, 0.05) is 13.1 Å². The maximum Gasteiger partial charge on any atom is 0.308 e. The van der Waals surface area contributed by atoms with Gasteiger partial charge < -0.3 is 15.7 Å². The lowest BCUT2D eigenvalue weighted by atomic mass is 9.98. The second kappa shape index (κ2) is 5.84. The van der Waals surface area contributed by atoms with Crippen LogP contribution in [-0.2, 0) is 9.59 Å². The lowest BCUT2D eigenvalue weighted by Crippen LogP contribution is -2.54. The summed E-state index contributed by atoms with van der Waals surface area (Å²) in [6.07, 6.45) is 0.532. The average molecular weight is 230 g/mol. The van der Waals surface area contributed by atoms with E-state index in [1.807, 2.05) is 13.8 Å². The van der Waals surface area contributed by atoms with Crippen molar-refractivity contribution >= 4 is 11.9 Å². The van der Waals surface area contributed by atoms with Crippen molar-refractivity contribution in [2.75, 3.05) is 13.1 Å². The Morgan fingerprint density at radius 1 is 1.44 bits per heavy atom. The molecule has 0 bridgehead atoms. The number of carboxylic acids is 1. The fourth-order valence-electron chi connectivity index (χ4n) is 1.28. The number of carboxylic acid groups (broad SMARTS) is 1. The minimum Gasteiger partial charge on any atom is -0.481 e. The number of carbonyl (C=O) groups excluding carboxylic acids is 1. The molecule has 5 heteroatoms. The number of nitrogens with zero attached hydrogens (tertiary/aromatic N) is 1. The fourth-order valence-corrected chi connectivity index (χ4v) is 1.28. The first kappa shape index (κ1) is 14.9. The molecule has 0 aliphatic rings. The van der Waals surface area contributed by atoms with Gasteiger partial charge in [-0.05, 0) is 20.3 Å². The summed E-state index contributed by atoms with van der Waals surface area (Å²) in [4.78, 5) is 24.2. The molecular weight excluding hydrogens is 208 g/mol. The van der Waals surface area contributed by atoms with E-state index < -0.39 is 17.4 Å². The van der Waals surface area contributed by atoms with Crippen molar-refractivity contribution in [2.24, 2.45) is 11.7 Å². The highest BCUT2D eigenvalue weighted by atomic mass is 16.4. The average Bonchev–Trinajstić information content (AvgIpc) is 2.24. The van der Waals surface area contributed by atoms with Gasteiger partial charge in [0.1, 0.15) is 0 Å². The highest BCUT2D eigenvalue weighted by Gasteiger charge is 2.31. The molecule has 0 radical (unpaired) electrons. The molecular formula is C11H22N2O3. The molecule has 0 aliphatic heterocycles. The number of nitrogens with two attached hydrogens (primary N) is 1. The molecule has 0 aromatic heterocycles. The molecule has 2 unspecified atom stereocenters. The number of amides is 1. The molecule has 0 saturated heterocycles. The van der Waals surface area contributed by atoms with Crippen LogP contribution in [0.1, 0.15) is 34.1 Å². The number of aliphatic carboxylic acids is 1. The summed E-state index contributed by atoms with van der Waals surface area (Å²) in [7, 11) is 0. The summed E-state index contributed by atoms with van der Waals surface area (Å²) < 4.78 is 0. The summed E-state index contributed by atoms with van der Waals surface area (Å²) in [6.45, 7) is 7.59. The minimum absolute atomic E-state index is 0.189. The van der Waals surface area contributed by atoms with Crippen molar-refractivity contribution in [1.29, 1.82) is 0 Å². The second-order valence-electron chi connectivity index (χ2n) is 4.35. The van der Waals surface area contributed by atoms with Crippen LogP contribution in [0.3, 0.4) is 0 Å². The van der Waals surface area contributed by atoms with Crippen molar-refractivity contribution in [2.45, 2.75) is 39.7 Å². The Labute approximate surface area is 96.6 Å². The lowest BCUT2D eigenvalue weighted by Gasteiger charge is -2.31. The summed E-state index contributed by atoms with van der Waals surface area (Å²) >= 11 is 0. The molecule has 0 rings (SSSR count). The van der Waals surface area contributed by atoms with Gasteiger partial charge in [0.15, 0.2) is 0 Å². The van der Waals surface area contributed by atoms with E-state index in [1.165, 1.54) is 4.90 Å². The van der Waals surface area contributed by atoms with E-state index in [1.54, 1.807) is 13.8 Å². The summed E-state index contributed by atoms with van der Waals surface area (Å²) in [5, 5.41) is 8.80. The van der Waals surface area contributed by atoms with Crippen molar-refractivity contribution in [3.05, 3.63) is 0 Å². The Kier molecular flexibility index (Phi) is 5.44. The Morgan fingerprint density at radius 3 is 2.25 bits per heavy atom. The van der Waals surface area contributed by atoms with E-state index in [2.05, 4.69) is 0 Å². The number of carbonyl (C=O) groups is 2. The third-order valence-electron chi connectivity index (χ3n) is 2.81. The van der Waals surface area contributed by atoms with Gasteiger partial charge in [-0.1, -0.05) is 13.8 Å². The van der Waals surface area contributed by atoms with Crippen LogP contribution in [0.25, 0.3) is 0 Å². The predicted molar refractivity (Wildman–Crippen MR) is 61.9 cm³/mol. The van der Waals surface area contributed by atoms with Crippen LogP contribution in [-0.4, -0.2) is 40.5 Å². The Balaban J connectivity index is 4.62. The molecule has 16 heavy (non-hydrogen) atoms. The maximum absolute atomic E-state index is 12.0. The fraction of sp³-hybridized carbons (Fsp3) is 0.818. The molecule has 0 saturated carbocycles. The highest BCUT2D eigenvalue weighted by molar-refractivity contribution is 5.86. The van der Waals surface area contributed by atoms with E-state index in [0.29, 0.717) is 13.0 Å². The van der Waals surface area contributed by atoms with E-state index in [0.717, 1.165) is 0 Å². The summed E-state index contributed by atoms with van der Waals surface area (Å²) in [6, 6.07) is 0. The van der Waals surface area contributed by atoms with Crippen molar-refractivity contribution in [1.82, 2.24) is 4.90 Å². The number of hydrogen-bond acceptors (Lipinski definition) is 3. The number of likely N-dealkylation sites (N-methyl/N-ethyl adjacent to an activating group) is 1. The van der Waals surface area contributed by atoms with E-state index in [9.17, 15) is 9.59 Å². The summed E-state index contributed by atoms with van der Waals surface area (Å²) in [5.74, 6) is -1.66. The molecule has 0 fully saturated rings. The zero-order valence-corrected chi connectivity index (χ0v) is 10.5. The van der Waals surface area contributed by atoms with Gasteiger partial charge in [0.05, 0.1) is 11.5 Å². The predicted octanol–water partition coefficient (Wildman–Crippen LogP) is 0.683. The topological polar surface area (TPSA) is 83.6 Å². The molecule has 2 atom stereocenters. The Bertz CT molecular complexity index is 264.